The van der Waals surface area contributed by atoms with E-state index < -0.39 is 0 Å². The normalized spacial score (nSPS) is 17.0. The molecule has 0 atom stereocenters. The van der Waals surface area contributed by atoms with Gasteiger partial charge in [0.05, 0.1) is 36.4 Å². The summed E-state index contributed by atoms with van der Waals surface area (Å²) in [5, 5.41) is 18.1. The Balaban J connectivity index is 1.36. The summed E-state index contributed by atoms with van der Waals surface area (Å²) >= 11 is 0. The third-order valence-corrected chi connectivity index (χ3v) is 6.91. The van der Waals surface area contributed by atoms with Gasteiger partial charge < -0.3 is 24.1 Å². The largest absolute Gasteiger partial charge is 0.467 e. The Hall–Kier alpha value is -4.31. The van der Waals surface area contributed by atoms with Gasteiger partial charge in [-0.05, 0) is 49.4 Å². The SMILES string of the molecule is CN(C)c1ccc(-c2ccc(CN(C(=O)C3CCC(O)CC3)c3cnnc(OCc4ncco4)c3)cn2)cc1. The summed E-state index contributed by atoms with van der Waals surface area (Å²) in [6.45, 7) is 0.413. The molecule has 202 valence electrons. The molecule has 0 saturated heterocycles. The summed E-state index contributed by atoms with van der Waals surface area (Å²) in [5.74, 6) is 0.480. The van der Waals surface area contributed by atoms with Crippen LogP contribution >= 0.6 is 0 Å². The van der Waals surface area contributed by atoms with Gasteiger partial charge in [-0.25, -0.2) is 4.98 Å². The molecule has 0 aliphatic heterocycles. The third kappa shape index (κ3) is 6.58. The van der Waals surface area contributed by atoms with E-state index in [0.29, 0.717) is 43.8 Å². The first kappa shape index (κ1) is 26.3. The van der Waals surface area contributed by atoms with Crippen molar-refractivity contribution in [1.29, 1.82) is 0 Å². The average molecular weight is 529 g/mol. The van der Waals surface area contributed by atoms with E-state index in [9.17, 15) is 9.90 Å². The summed E-state index contributed by atoms with van der Waals surface area (Å²) in [5.41, 5.74) is 4.45. The van der Waals surface area contributed by atoms with Gasteiger partial charge in [0.2, 0.25) is 17.7 Å². The van der Waals surface area contributed by atoms with E-state index in [2.05, 4.69) is 37.2 Å². The molecule has 0 bridgehead atoms. The molecule has 3 heterocycles. The summed E-state index contributed by atoms with van der Waals surface area (Å²) < 4.78 is 10.9. The number of aliphatic hydroxyl groups is 1. The molecule has 0 radical (unpaired) electrons. The van der Waals surface area contributed by atoms with Gasteiger partial charge in [-0.1, -0.05) is 18.2 Å². The Labute approximate surface area is 227 Å². The lowest BCUT2D eigenvalue weighted by Crippen LogP contribution is -2.38. The van der Waals surface area contributed by atoms with Crippen LogP contribution in [-0.2, 0) is 17.9 Å². The second kappa shape index (κ2) is 12.0. The number of anilines is 2. The fourth-order valence-electron chi connectivity index (χ4n) is 4.66. The van der Waals surface area contributed by atoms with Gasteiger partial charge in [0.25, 0.3) is 0 Å². The molecular weight excluding hydrogens is 496 g/mol. The lowest BCUT2D eigenvalue weighted by Gasteiger charge is -2.30. The van der Waals surface area contributed by atoms with Gasteiger partial charge in [-0.3, -0.25) is 9.78 Å². The third-order valence-electron chi connectivity index (χ3n) is 6.91. The van der Waals surface area contributed by atoms with Crippen LogP contribution in [-0.4, -0.2) is 51.4 Å². The number of oxazole rings is 1. The van der Waals surface area contributed by atoms with Crippen LogP contribution in [0.4, 0.5) is 11.4 Å². The van der Waals surface area contributed by atoms with Crippen molar-refractivity contribution >= 4 is 17.3 Å². The summed E-state index contributed by atoms with van der Waals surface area (Å²) in [7, 11) is 4.02. The molecule has 1 aliphatic carbocycles. The van der Waals surface area contributed by atoms with Gasteiger partial charge in [-0.15, -0.1) is 5.10 Å². The smallest absolute Gasteiger partial charge is 0.235 e. The van der Waals surface area contributed by atoms with Crippen molar-refractivity contribution in [1.82, 2.24) is 20.2 Å². The predicted octanol–water partition coefficient (Wildman–Crippen LogP) is 4.26. The van der Waals surface area contributed by atoms with Gasteiger partial charge in [0.15, 0.2) is 6.61 Å². The zero-order chi connectivity index (χ0) is 27.2. The quantitative estimate of drug-likeness (QED) is 0.340. The number of aliphatic hydroxyl groups excluding tert-OH is 1. The lowest BCUT2D eigenvalue weighted by molar-refractivity contribution is -0.124. The Morgan fingerprint density at radius 1 is 1.03 bits per heavy atom. The highest BCUT2D eigenvalue weighted by atomic mass is 16.5. The minimum atomic E-state index is -0.344. The first-order chi connectivity index (χ1) is 19.0. The zero-order valence-corrected chi connectivity index (χ0v) is 22.1. The van der Waals surface area contributed by atoms with E-state index in [1.807, 2.05) is 38.4 Å². The minimum absolute atomic E-state index is 0.0168. The molecule has 4 aromatic rings. The molecule has 0 unspecified atom stereocenters. The summed E-state index contributed by atoms with van der Waals surface area (Å²) in [4.78, 5) is 26.2. The molecule has 1 saturated carbocycles. The highest BCUT2D eigenvalue weighted by Gasteiger charge is 2.30. The van der Waals surface area contributed by atoms with Crippen molar-refractivity contribution in [2.24, 2.45) is 5.92 Å². The Morgan fingerprint density at radius 2 is 1.82 bits per heavy atom. The molecule has 0 spiro atoms. The number of amides is 1. The number of hydrogen-bond acceptors (Lipinski definition) is 9. The fraction of sp³-hybridized carbons (Fsp3) is 0.345. The number of aromatic nitrogens is 4. The summed E-state index contributed by atoms with van der Waals surface area (Å²) in [6.07, 6.45) is 8.55. The maximum absolute atomic E-state index is 13.7. The summed E-state index contributed by atoms with van der Waals surface area (Å²) in [6, 6.07) is 13.9. The van der Waals surface area contributed by atoms with Crippen molar-refractivity contribution in [3.8, 4) is 17.1 Å². The minimum Gasteiger partial charge on any atom is -0.467 e. The van der Waals surface area contributed by atoms with Gasteiger partial charge in [-0.2, -0.15) is 5.10 Å². The fourth-order valence-corrected chi connectivity index (χ4v) is 4.66. The molecule has 3 aromatic heterocycles. The predicted molar refractivity (Wildman–Crippen MR) is 146 cm³/mol. The van der Waals surface area contributed by atoms with E-state index in [0.717, 1.165) is 22.5 Å². The number of rotatable bonds is 9. The van der Waals surface area contributed by atoms with E-state index >= 15 is 0 Å². The maximum Gasteiger partial charge on any atom is 0.235 e. The highest BCUT2D eigenvalue weighted by molar-refractivity contribution is 5.95. The molecular formula is C29H32N6O4. The molecule has 10 heteroatoms. The van der Waals surface area contributed by atoms with Crippen LogP contribution in [0.3, 0.4) is 0 Å². The van der Waals surface area contributed by atoms with Gasteiger partial charge in [0.1, 0.15) is 6.26 Å². The van der Waals surface area contributed by atoms with Crippen molar-refractivity contribution in [3.05, 3.63) is 78.8 Å². The van der Waals surface area contributed by atoms with Crippen LogP contribution in [0.25, 0.3) is 11.3 Å². The monoisotopic (exact) mass is 528 g/mol. The van der Waals surface area contributed by atoms with Crippen LogP contribution in [0.5, 0.6) is 5.88 Å². The molecule has 1 aromatic carbocycles. The number of pyridine rings is 1. The van der Waals surface area contributed by atoms with Crippen LogP contribution < -0.4 is 14.5 Å². The number of hydrogen-bond donors (Lipinski definition) is 1. The molecule has 1 amide bonds. The van der Waals surface area contributed by atoms with E-state index in [1.165, 1.54) is 6.26 Å². The van der Waals surface area contributed by atoms with Gasteiger partial charge in [0, 0.05) is 43.5 Å². The van der Waals surface area contributed by atoms with E-state index in [1.54, 1.807) is 29.6 Å². The van der Waals surface area contributed by atoms with Gasteiger partial charge >= 0.3 is 0 Å². The van der Waals surface area contributed by atoms with Crippen LogP contribution in [0.15, 0.2) is 71.7 Å². The number of benzene rings is 1. The highest BCUT2D eigenvalue weighted by Crippen LogP contribution is 2.30. The Kier molecular flexibility index (Phi) is 8.12. The second-order valence-corrected chi connectivity index (χ2v) is 9.89. The van der Waals surface area contributed by atoms with Crippen molar-refractivity contribution in [2.45, 2.75) is 44.9 Å². The second-order valence-electron chi connectivity index (χ2n) is 9.89. The standard InChI is InChI=1S/C29H32N6O4/c1-34(2)23-8-4-21(5-9-23)26-12-3-20(16-31-26)18-35(29(37)22-6-10-25(36)11-7-22)24-15-27(33-32-17-24)39-19-28-30-13-14-38-28/h3-5,8-9,12-17,22,25,36H,6-7,10-11,18-19H2,1-2H3. The first-order valence-electron chi connectivity index (χ1n) is 13.0. The molecule has 5 rings (SSSR count). The first-order valence-corrected chi connectivity index (χ1v) is 13.0. The molecule has 10 nitrogen and oxygen atoms in total. The number of ether oxygens (including phenoxy) is 1. The Morgan fingerprint density at radius 3 is 2.49 bits per heavy atom. The average Bonchev–Trinajstić information content (AvgIpc) is 3.49. The number of carbonyl (C=O) groups is 1. The number of carbonyl (C=O) groups excluding carboxylic acids is 1. The van der Waals surface area contributed by atoms with Crippen LogP contribution in [0.1, 0.15) is 37.1 Å². The van der Waals surface area contributed by atoms with Crippen LogP contribution in [0.2, 0.25) is 0 Å². The maximum atomic E-state index is 13.7. The van der Waals surface area contributed by atoms with Crippen molar-refractivity contribution in [3.63, 3.8) is 0 Å². The lowest BCUT2D eigenvalue weighted by atomic mass is 9.86. The Bertz CT molecular complexity index is 1350. The van der Waals surface area contributed by atoms with Crippen molar-refractivity contribution in [2.75, 3.05) is 23.9 Å². The zero-order valence-electron chi connectivity index (χ0n) is 22.1. The van der Waals surface area contributed by atoms with E-state index in [-0.39, 0.29) is 30.4 Å². The molecule has 1 N–H and O–H groups in total. The molecule has 1 aliphatic rings. The topological polar surface area (TPSA) is 118 Å². The van der Waals surface area contributed by atoms with Crippen LogP contribution in [0, 0.1) is 5.92 Å². The molecule has 39 heavy (non-hydrogen) atoms. The number of nitrogens with zero attached hydrogens (tertiary/aromatic N) is 6. The van der Waals surface area contributed by atoms with E-state index in [4.69, 9.17) is 9.15 Å². The van der Waals surface area contributed by atoms with Crippen molar-refractivity contribution < 1.29 is 19.1 Å². The molecule has 1 fully saturated rings.